The molecule has 0 aliphatic heterocycles. The quantitative estimate of drug-likeness (QED) is 0.773. The second-order valence-electron chi connectivity index (χ2n) is 5.59. The van der Waals surface area contributed by atoms with Gasteiger partial charge in [-0.3, -0.25) is 4.68 Å². The molecule has 2 rings (SSSR count). The second kappa shape index (κ2) is 7.22. The minimum atomic E-state index is 0.678. The first-order valence-corrected chi connectivity index (χ1v) is 8.10. The van der Waals surface area contributed by atoms with E-state index in [1.807, 2.05) is 4.68 Å². The molecule has 4 heteroatoms. The van der Waals surface area contributed by atoms with Crippen molar-refractivity contribution in [3.8, 4) is 0 Å². The number of hydrogen-bond acceptors (Lipinski definition) is 2. The SMILES string of the molecule is Cc1nn(Cc2ccc(I)cc2)cc1CNCC(C)C. The fourth-order valence-corrected chi connectivity index (χ4v) is 2.45. The normalized spacial score (nSPS) is 11.2. The summed E-state index contributed by atoms with van der Waals surface area (Å²) in [6.45, 7) is 9.30. The van der Waals surface area contributed by atoms with Crippen LogP contribution in [0.5, 0.6) is 0 Å². The van der Waals surface area contributed by atoms with E-state index in [0.717, 1.165) is 25.3 Å². The summed E-state index contributed by atoms with van der Waals surface area (Å²) in [7, 11) is 0. The molecule has 0 amide bonds. The van der Waals surface area contributed by atoms with Crippen molar-refractivity contribution in [2.24, 2.45) is 5.92 Å². The van der Waals surface area contributed by atoms with Crippen LogP contribution in [0.15, 0.2) is 30.5 Å². The number of aromatic nitrogens is 2. The molecule has 0 radical (unpaired) electrons. The maximum Gasteiger partial charge on any atom is 0.0659 e. The van der Waals surface area contributed by atoms with Crippen LogP contribution in [0.2, 0.25) is 0 Å². The molecule has 1 aromatic heterocycles. The molecule has 0 aliphatic carbocycles. The predicted molar refractivity (Wildman–Crippen MR) is 91.8 cm³/mol. The van der Waals surface area contributed by atoms with Gasteiger partial charge in [-0.1, -0.05) is 26.0 Å². The predicted octanol–water partition coefficient (Wildman–Crippen LogP) is 3.59. The van der Waals surface area contributed by atoms with Crippen LogP contribution in [0.4, 0.5) is 0 Å². The van der Waals surface area contributed by atoms with Crippen molar-refractivity contribution in [1.29, 1.82) is 0 Å². The number of nitrogens with zero attached hydrogens (tertiary/aromatic N) is 2. The van der Waals surface area contributed by atoms with Gasteiger partial charge in [-0.05, 0) is 59.7 Å². The van der Waals surface area contributed by atoms with Crippen molar-refractivity contribution < 1.29 is 0 Å². The molecule has 0 fully saturated rings. The van der Waals surface area contributed by atoms with Gasteiger partial charge < -0.3 is 5.32 Å². The monoisotopic (exact) mass is 383 g/mol. The summed E-state index contributed by atoms with van der Waals surface area (Å²) in [6, 6.07) is 8.60. The Morgan fingerprint density at radius 2 is 1.95 bits per heavy atom. The summed E-state index contributed by atoms with van der Waals surface area (Å²) in [6.07, 6.45) is 2.15. The summed E-state index contributed by atoms with van der Waals surface area (Å²) in [5.41, 5.74) is 3.69. The molecule has 1 aromatic carbocycles. The van der Waals surface area contributed by atoms with Gasteiger partial charge in [-0.15, -0.1) is 0 Å². The summed E-state index contributed by atoms with van der Waals surface area (Å²) in [4.78, 5) is 0. The fraction of sp³-hybridized carbons (Fsp3) is 0.438. The Bertz CT molecular complexity index is 543. The first-order valence-electron chi connectivity index (χ1n) is 7.02. The topological polar surface area (TPSA) is 29.9 Å². The Balaban J connectivity index is 1.97. The maximum atomic E-state index is 4.60. The highest BCUT2D eigenvalue weighted by Crippen LogP contribution is 2.10. The lowest BCUT2D eigenvalue weighted by Crippen LogP contribution is -2.19. The highest BCUT2D eigenvalue weighted by Gasteiger charge is 2.05. The standard InChI is InChI=1S/C16H22IN3/c1-12(2)8-18-9-15-11-20(19-13(15)3)10-14-4-6-16(17)7-5-14/h4-7,11-12,18H,8-10H2,1-3H3. The molecule has 1 N–H and O–H groups in total. The van der Waals surface area contributed by atoms with Crippen molar-refractivity contribution in [2.45, 2.75) is 33.9 Å². The zero-order valence-corrected chi connectivity index (χ0v) is 14.5. The van der Waals surface area contributed by atoms with Crippen molar-refractivity contribution in [3.63, 3.8) is 0 Å². The molecule has 0 spiro atoms. The number of nitrogens with one attached hydrogen (secondary N) is 1. The Labute approximate surface area is 134 Å². The van der Waals surface area contributed by atoms with E-state index in [1.165, 1.54) is 14.7 Å². The minimum Gasteiger partial charge on any atom is -0.312 e. The molecule has 0 aliphatic rings. The van der Waals surface area contributed by atoms with Gasteiger partial charge in [0.05, 0.1) is 12.2 Å². The van der Waals surface area contributed by atoms with Crippen molar-refractivity contribution in [3.05, 3.63) is 50.9 Å². The highest BCUT2D eigenvalue weighted by atomic mass is 127. The van der Waals surface area contributed by atoms with Crippen molar-refractivity contribution >= 4 is 22.6 Å². The molecule has 108 valence electrons. The summed E-state index contributed by atoms with van der Waals surface area (Å²) in [5.74, 6) is 0.678. The summed E-state index contributed by atoms with van der Waals surface area (Å²) < 4.78 is 3.30. The largest absolute Gasteiger partial charge is 0.312 e. The van der Waals surface area contributed by atoms with Crippen LogP contribution >= 0.6 is 22.6 Å². The van der Waals surface area contributed by atoms with Crippen molar-refractivity contribution in [2.75, 3.05) is 6.54 Å². The lowest BCUT2D eigenvalue weighted by molar-refractivity contribution is 0.551. The van der Waals surface area contributed by atoms with E-state index >= 15 is 0 Å². The third-order valence-electron chi connectivity index (χ3n) is 3.17. The summed E-state index contributed by atoms with van der Waals surface area (Å²) >= 11 is 2.33. The highest BCUT2D eigenvalue weighted by molar-refractivity contribution is 14.1. The van der Waals surface area contributed by atoms with Gasteiger partial charge in [0.15, 0.2) is 0 Å². The van der Waals surface area contributed by atoms with Crippen LogP contribution in [0.1, 0.15) is 30.7 Å². The van der Waals surface area contributed by atoms with E-state index in [2.05, 4.69) is 84.2 Å². The average Bonchev–Trinajstić information content (AvgIpc) is 2.72. The zero-order chi connectivity index (χ0) is 14.5. The van der Waals surface area contributed by atoms with Crippen molar-refractivity contribution in [1.82, 2.24) is 15.1 Å². The van der Waals surface area contributed by atoms with E-state index in [9.17, 15) is 0 Å². The van der Waals surface area contributed by atoms with E-state index < -0.39 is 0 Å². The van der Waals surface area contributed by atoms with Gasteiger partial charge in [0.1, 0.15) is 0 Å². The minimum absolute atomic E-state index is 0.678. The molecule has 3 nitrogen and oxygen atoms in total. The molecular weight excluding hydrogens is 361 g/mol. The smallest absolute Gasteiger partial charge is 0.0659 e. The number of benzene rings is 1. The zero-order valence-electron chi connectivity index (χ0n) is 12.4. The van der Waals surface area contributed by atoms with E-state index in [4.69, 9.17) is 0 Å². The van der Waals surface area contributed by atoms with Crippen LogP contribution in [0, 0.1) is 16.4 Å². The molecule has 0 saturated heterocycles. The molecule has 20 heavy (non-hydrogen) atoms. The number of rotatable bonds is 6. The second-order valence-corrected chi connectivity index (χ2v) is 6.83. The molecular formula is C16H22IN3. The van der Waals surface area contributed by atoms with E-state index in [1.54, 1.807) is 0 Å². The Hall–Kier alpha value is -0.880. The maximum absolute atomic E-state index is 4.60. The third-order valence-corrected chi connectivity index (χ3v) is 3.89. The van der Waals surface area contributed by atoms with Crippen LogP contribution < -0.4 is 5.32 Å². The lowest BCUT2D eigenvalue weighted by Gasteiger charge is -2.06. The van der Waals surface area contributed by atoms with Crippen LogP contribution in [-0.4, -0.2) is 16.3 Å². The van der Waals surface area contributed by atoms with Gasteiger partial charge >= 0.3 is 0 Å². The van der Waals surface area contributed by atoms with E-state index in [0.29, 0.717) is 5.92 Å². The van der Waals surface area contributed by atoms with Gasteiger partial charge in [-0.2, -0.15) is 5.10 Å². The van der Waals surface area contributed by atoms with Gasteiger partial charge in [0, 0.05) is 21.9 Å². The fourth-order valence-electron chi connectivity index (χ4n) is 2.09. The lowest BCUT2D eigenvalue weighted by atomic mass is 10.2. The Morgan fingerprint density at radius 3 is 2.60 bits per heavy atom. The molecule has 0 bridgehead atoms. The molecule has 2 aromatic rings. The summed E-state index contributed by atoms with van der Waals surface area (Å²) in [5, 5.41) is 8.07. The Morgan fingerprint density at radius 1 is 1.25 bits per heavy atom. The van der Waals surface area contributed by atoms with Crippen LogP contribution in [0.3, 0.4) is 0 Å². The van der Waals surface area contributed by atoms with Gasteiger partial charge in [-0.25, -0.2) is 0 Å². The third kappa shape index (κ3) is 4.59. The molecule has 1 heterocycles. The number of hydrogen-bond donors (Lipinski definition) is 1. The van der Waals surface area contributed by atoms with E-state index in [-0.39, 0.29) is 0 Å². The molecule has 0 atom stereocenters. The van der Waals surface area contributed by atoms with Gasteiger partial charge in [0.2, 0.25) is 0 Å². The Kier molecular flexibility index (Phi) is 5.60. The number of aryl methyl sites for hydroxylation is 1. The van der Waals surface area contributed by atoms with Crippen LogP contribution in [-0.2, 0) is 13.1 Å². The van der Waals surface area contributed by atoms with Gasteiger partial charge in [0.25, 0.3) is 0 Å². The first-order chi connectivity index (χ1) is 9.54. The first kappa shape index (κ1) is 15.5. The molecule has 0 saturated carbocycles. The average molecular weight is 383 g/mol. The van der Waals surface area contributed by atoms with Crippen LogP contribution in [0.25, 0.3) is 0 Å². The molecule has 0 unspecified atom stereocenters. The number of halogens is 1.